The predicted molar refractivity (Wildman–Crippen MR) is 126 cm³/mol. The van der Waals surface area contributed by atoms with Gasteiger partial charge in [0.2, 0.25) is 0 Å². The summed E-state index contributed by atoms with van der Waals surface area (Å²) in [6.07, 6.45) is 8.24. The van der Waals surface area contributed by atoms with Gasteiger partial charge in [0.15, 0.2) is 5.96 Å². The van der Waals surface area contributed by atoms with E-state index in [2.05, 4.69) is 22.5 Å². The van der Waals surface area contributed by atoms with E-state index in [-0.39, 0.29) is 29.9 Å². The molecular weight excluding hydrogens is 463 g/mol. The molecule has 156 valence electrons. The summed E-state index contributed by atoms with van der Waals surface area (Å²) in [6.45, 7) is 8.49. The highest BCUT2D eigenvalue weighted by Gasteiger charge is 2.39. The summed E-state index contributed by atoms with van der Waals surface area (Å²) in [5, 5.41) is 6.31. The summed E-state index contributed by atoms with van der Waals surface area (Å²) < 4.78 is 0. The number of hydrogen-bond donors (Lipinski definition) is 2. The van der Waals surface area contributed by atoms with E-state index in [1.54, 1.807) is 0 Å². The zero-order chi connectivity index (χ0) is 19.1. The highest BCUT2D eigenvalue weighted by atomic mass is 127. The maximum atomic E-state index is 11.9. The quantitative estimate of drug-likeness (QED) is 0.364. The van der Waals surface area contributed by atoms with E-state index < -0.39 is 0 Å². The predicted octanol–water partition coefficient (Wildman–Crippen LogP) is 4.18. The topological polar surface area (TPSA) is 56.7 Å². The van der Waals surface area contributed by atoms with Crippen molar-refractivity contribution in [2.75, 3.05) is 26.2 Å². The third-order valence-corrected chi connectivity index (χ3v) is 5.95. The molecule has 1 spiro atoms. The van der Waals surface area contributed by atoms with Crippen LogP contribution in [-0.4, -0.2) is 42.9 Å². The second-order valence-corrected chi connectivity index (χ2v) is 7.96. The van der Waals surface area contributed by atoms with Crippen LogP contribution >= 0.6 is 24.0 Å². The normalized spacial score (nSPS) is 18.6. The highest BCUT2D eigenvalue weighted by Crippen LogP contribution is 2.43. The number of likely N-dealkylation sites (tertiary alicyclic amines) is 1. The number of aliphatic imine (C=N–C) groups is 1. The molecule has 5 nitrogen and oxygen atoms in total. The number of amides is 1. The van der Waals surface area contributed by atoms with Crippen molar-refractivity contribution in [3.8, 4) is 0 Å². The van der Waals surface area contributed by atoms with Crippen LogP contribution in [0, 0.1) is 5.41 Å². The van der Waals surface area contributed by atoms with Crippen molar-refractivity contribution in [3.63, 3.8) is 0 Å². The molecule has 2 aliphatic rings. The molecule has 1 aromatic carbocycles. The first kappa shape index (κ1) is 23.0. The van der Waals surface area contributed by atoms with Crippen molar-refractivity contribution in [2.24, 2.45) is 10.4 Å². The van der Waals surface area contributed by atoms with Gasteiger partial charge in [0.25, 0.3) is 5.91 Å². The van der Waals surface area contributed by atoms with Crippen LogP contribution in [0.1, 0.15) is 68.3 Å². The number of nitrogens with one attached hydrogen (secondary N) is 2. The van der Waals surface area contributed by atoms with Crippen LogP contribution in [0.25, 0.3) is 0 Å². The molecule has 1 heterocycles. The SMILES string of the molecule is CCNC(=O)c1ccc(CN=C(NCC)N2CCC3(CCCCC3)C2)cc1.I. The Hall–Kier alpha value is -1.31. The number of guanidine groups is 1. The summed E-state index contributed by atoms with van der Waals surface area (Å²) in [7, 11) is 0. The van der Waals surface area contributed by atoms with E-state index in [0.717, 1.165) is 31.2 Å². The average Bonchev–Trinajstić information content (AvgIpc) is 3.09. The van der Waals surface area contributed by atoms with Crippen molar-refractivity contribution in [1.82, 2.24) is 15.5 Å². The van der Waals surface area contributed by atoms with Crippen LogP contribution in [0.2, 0.25) is 0 Å². The van der Waals surface area contributed by atoms with Gasteiger partial charge in [-0.05, 0) is 56.2 Å². The van der Waals surface area contributed by atoms with Crippen molar-refractivity contribution >= 4 is 35.8 Å². The Morgan fingerprint density at radius 3 is 2.36 bits per heavy atom. The van der Waals surface area contributed by atoms with Gasteiger partial charge in [-0.15, -0.1) is 24.0 Å². The lowest BCUT2D eigenvalue weighted by Crippen LogP contribution is -2.41. The Balaban J connectivity index is 0.00000280. The van der Waals surface area contributed by atoms with Gasteiger partial charge in [0, 0.05) is 31.7 Å². The molecule has 0 atom stereocenters. The third kappa shape index (κ3) is 5.84. The Morgan fingerprint density at radius 1 is 1.04 bits per heavy atom. The molecule has 2 N–H and O–H groups in total. The van der Waals surface area contributed by atoms with Crippen LogP contribution in [0.4, 0.5) is 0 Å². The average molecular weight is 498 g/mol. The summed E-state index contributed by atoms with van der Waals surface area (Å²) in [4.78, 5) is 19.2. The first-order chi connectivity index (χ1) is 13.2. The van der Waals surface area contributed by atoms with Gasteiger partial charge < -0.3 is 15.5 Å². The molecule has 1 saturated heterocycles. The number of nitrogens with zero attached hydrogens (tertiary/aromatic N) is 2. The molecule has 6 heteroatoms. The molecule has 0 unspecified atom stereocenters. The molecule has 1 aliphatic heterocycles. The van der Waals surface area contributed by atoms with E-state index in [1.165, 1.54) is 38.5 Å². The fraction of sp³-hybridized carbons (Fsp3) is 0.636. The molecular formula is C22H35IN4O. The lowest BCUT2D eigenvalue weighted by molar-refractivity contribution is 0.0956. The van der Waals surface area contributed by atoms with Crippen LogP contribution in [0.15, 0.2) is 29.3 Å². The molecule has 1 aliphatic carbocycles. The number of halogens is 1. The zero-order valence-corrected chi connectivity index (χ0v) is 19.6. The van der Waals surface area contributed by atoms with Crippen molar-refractivity contribution < 1.29 is 4.79 Å². The minimum Gasteiger partial charge on any atom is -0.357 e. The fourth-order valence-electron chi connectivity index (χ4n) is 4.44. The van der Waals surface area contributed by atoms with Gasteiger partial charge in [-0.3, -0.25) is 4.79 Å². The summed E-state index contributed by atoms with van der Waals surface area (Å²) in [5.74, 6) is 1.02. The van der Waals surface area contributed by atoms with Crippen molar-refractivity contribution in [3.05, 3.63) is 35.4 Å². The third-order valence-electron chi connectivity index (χ3n) is 5.95. The fourth-order valence-corrected chi connectivity index (χ4v) is 4.44. The second kappa shape index (κ2) is 11.0. The molecule has 0 radical (unpaired) electrons. The molecule has 28 heavy (non-hydrogen) atoms. The molecule has 1 amide bonds. The molecule has 2 fully saturated rings. The summed E-state index contributed by atoms with van der Waals surface area (Å²) in [6, 6.07) is 7.78. The minimum atomic E-state index is -0.0178. The van der Waals surface area contributed by atoms with Crippen molar-refractivity contribution in [1.29, 1.82) is 0 Å². The van der Waals surface area contributed by atoms with E-state index in [4.69, 9.17) is 4.99 Å². The maximum absolute atomic E-state index is 11.9. The number of hydrogen-bond acceptors (Lipinski definition) is 2. The largest absolute Gasteiger partial charge is 0.357 e. The van der Waals surface area contributed by atoms with Crippen LogP contribution in [-0.2, 0) is 6.54 Å². The van der Waals surface area contributed by atoms with E-state index >= 15 is 0 Å². The van der Waals surface area contributed by atoms with E-state index in [1.807, 2.05) is 31.2 Å². The zero-order valence-electron chi connectivity index (χ0n) is 17.3. The van der Waals surface area contributed by atoms with Crippen LogP contribution in [0.5, 0.6) is 0 Å². The highest BCUT2D eigenvalue weighted by molar-refractivity contribution is 14.0. The van der Waals surface area contributed by atoms with Gasteiger partial charge in [-0.25, -0.2) is 4.99 Å². The maximum Gasteiger partial charge on any atom is 0.251 e. The molecule has 1 aromatic rings. The first-order valence-electron chi connectivity index (χ1n) is 10.6. The van der Waals surface area contributed by atoms with Gasteiger partial charge in [-0.1, -0.05) is 31.4 Å². The standard InChI is InChI=1S/C22H34N4O.HI/c1-3-23-20(27)19-10-8-18(9-11-19)16-25-21(24-4-2)26-15-14-22(17-26)12-6-5-7-13-22;/h8-11H,3-7,12-17H2,1-2H3,(H,23,27)(H,24,25);1H. The Bertz CT molecular complexity index is 653. The number of rotatable bonds is 5. The smallest absolute Gasteiger partial charge is 0.251 e. The lowest BCUT2D eigenvalue weighted by atomic mass is 9.73. The minimum absolute atomic E-state index is 0. The monoisotopic (exact) mass is 498 g/mol. The second-order valence-electron chi connectivity index (χ2n) is 7.96. The van der Waals surface area contributed by atoms with Crippen molar-refractivity contribution in [2.45, 2.75) is 58.9 Å². The number of carbonyl (C=O) groups excluding carboxylic acids is 1. The molecule has 1 saturated carbocycles. The number of benzene rings is 1. The first-order valence-corrected chi connectivity index (χ1v) is 10.6. The number of carbonyl (C=O) groups is 1. The van der Waals surface area contributed by atoms with Gasteiger partial charge in [-0.2, -0.15) is 0 Å². The van der Waals surface area contributed by atoms with Crippen LogP contribution in [0.3, 0.4) is 0 Å². The Labute approximate surface area is 186 Å². The van der Waals surface area contributed by atoms with Gasteiger partial charge in [0.05, 0.1) is 6.54 Å². The molecule has 3 rings (SSSR count). The summed E-state index contributed by atoms with van der Waals surface area (Å²) >= 11 is 0. The Kier molecular flexibility index (Phi) is 9.05. The molecule has 0 bridgehead atoms. The van der Waals surface area contributed by atoms with Gasteiger partial charge >= 0.3 is 0 Å². The van der Waals surface area contributed by atoms with Crippen LogP contribution < -0.4 is 10.6 Å². The van der Waals surface area contributed by atoms with E-state index in [9.17, 15) is 4.79 Å². The Morgan fingerprint density at radius 2 is 1.71 bits per heavy atom. The summed E-state index contributed by atoms with van der Waals surface area (Å²) in [5.41, 5.74) is 2.36. The lowest BCUT2D eigenvalue weighted by Gasteiger charge is -2.33. The molecule has 0 aromatic heterocycles. The van der Waals surface area contributed by atoms with E-state index in [0.29, 0.717) is 24.1 Å². The van der Waals surface area contributed by atoms with Gasteiger partial charge in [0.1, 0.15) is 0 Å².